The van der Waals surface area contributed by atoms with Crippen LogP contribution in [0.2, 0.25) is 0 Å². The highest BCUT2D eigenvalue weighted by atomic mass is 19.1. The van der Waals surface area contributed by atoms with Crippen molar-refractivity contribution in [3.05, 3.63) is 35.1 Å². The number of nitrogens with zero attached hydrogens (tertiary/aromatic N) is 2. The molecule has 0 spiro atoms. The first-order chi connectivity index (χ1) is 10.7. The molecule has 1 aromatic carbocycles. The summed E-state index contributed by atoms with van der Waals surface area (Å²) in [5, 5.41) is 19.4. The van der Waals surface area contributed by atoms with E-state index in [1.807, 2.05) is 0 Å². The quantitative estimate of drug-likeness (QED) is 0.928. The van der Waals surface area contributed by atoms with Crippen molar-refractivity contribution in [1.82, 2.24) is 4.90 Å². The molecule has 2 aliphatic heterocycles. The topological polar surface area (TPSA) is 56.5 Å². The molecule has 118 valence electrons. The second-order valence-electron chi connectivity index (χ2n) is 6.19. The number of aliphatic hydroxyl groups is 1. The highest BCUT2D eigenvalue weighted by Gasteiger charge is 2.37. The van der Waals surface area contributed by atoms with Crippen LogP contribution >= 0.6 is 0 Å². The molecule has 4 nitrogen and oxygen atoms in total. The van der Waals surface area contributed by atoms with E-state index in [2.05, 4.69) is 11.0 Å². The van der Waals surface area contributed by atoms with Crippen LogP contribution in [-0.4, -0.2) is 41.9 Å². The molecule has 0 amide bonds. The minimum atomic E-state index is -0.331. The van der Waals surface area contributed by atoms with Crippen LogP contribution in [0.4, 0.5) is 4.39 Å². The molecule has 3 rings (SSSR count). The average Bonchev–Trinajstić information content (AvgIpc) is 2.96. The van der Waals surface area contributed by atoms with Gasteiger partial charge >= 0.3 is 0 Å². The standard InChI is InChI=1S/C17H21FN2O2/c18-14-4-3-12(9-19)13(8-14)10-20-6-1-2-16(20)15-11-22-7-5-17(15)21/h3-4,8,15-17,21H,1-2,5-7,10-11H2/t15-,16+,17+/m0/s1. The number of halogens is 1. The lowest BCUT2D eigenvalue weighted by molar-refractivity contribution is -0.0636. The number of hydrogen-bond donors (Lipinski definition) is 1. The lowest BCUT2D eigenvalue weighted by Crippen LogP contribution is -2.45. The van der Waals surface area contributed by atoms with E-state index < -0.39 is 0 Å². The number of benzene rings is 1. The van der Waals surface area contributed by atoms with Gasteiger partial charge in [-0.3, -0.25) is 4.90 Å². The molecule has 0 bridgehead atoms. The lowest BCUT2D eigenvalue weighted by Gasteiger charge is -2.37. The second kappa shape index (κ2) is 6.74. The van der Waals surface area contributed by atoms with Crippen LogP contribution in [0.3, 0.4) is 0 Å². The molecule has 5 heteroatoms. The molecule has 0 saturated carbocycles. The summed E-state index contributed by atoms with van der Waals surface area (Å²) in [6, 6.07) is 6.68. The van der Waals surface area contributed by atoms with E-state index in [0.29, 0.717) is 31.7 Å². The van der Waals surface area contributed by atoms with E-state index in [1.165, 1.54) is 18.2 Å². The first-order valence-electron chi connectivity index (χ1n) is 7.87. The molecule has 2 aliphatic rings. The number of likely N-dealkylation sites (tertiary alicyclic amines) is 1. The van der Waals surface area contributed by atoms with Gasteiger partial charge in [-0.1, -0.05) is 0 Å². The van der Waals surface area contributed by atoms with Crippen molar-refractivity contribution in [2.45, 2.75) is 38.0 Å². The minimum absolute atomic E-state index is 0.107. The van der Waals surface area contributed by atoms with Crippen molar-refractivity contribution in [2.75, 3.05) is 19.8 Å². The van der Waals surface area contributed by atoms with Gasteiger partial charge in [0.1, 0.15) is 5.82 Å². The predicted molar refractivity (Wildman–Crippen MR) is 79.5 cm³/mol. The van der Waals surface area contributed by atoms with Gasteiger partial charge in [0.2, 0.25) is 0 Å². The maximum absolute atomic E-state index is 13.5. The Bertz CT molecular complexity index is 572. The Morgan fingerprint density at radius 1 is 1.41 bits per heavy atom. The summed E-state index contributed by atoms with van der Waals surface area (Å²) in [4.78, 5) is 2.26. The third-order valence-electron chi connectivity index (χ3n) is 4.83. The van der Waals surface area contributed by atoms with Gasteiger partial charge in [-0.2, -0.15) is 5.26 Å². The average molecular weight is 304 g/mol. The molecule has 2 saturated heterocycles. The largest absolute Gasteiger partial charge is 0.393 e. The zero-order chi connectivity index (χ0) is 15.5. The van der Waals surface area contributed by atoms with E-state index in [0.717, 1.165) is 24.9 Å². The number of aliphatic hydroxyl groups excluding tert-OH is 1. The predicted octanol–water partition coefficient (Wildman–Crippen LogP) is 2.06. The smallest absolute Gasteiger partial charge is 0.123 e. The molecule has 3 atom stereocenters. The Morgan fingerprint density at radius 3 is 3.05 bits per heavy atom. The van der Waals surface area contributed by atoms with Gasteiger partial charge in [0.05, 0.1) is 24.3 Å². The summed E-state index contributed by atoms with van der Waals surface area (Å²) in [5.74, 6) is -0.207. The van der Waals surface area contributed by atoms with Gasteiger partial charge < -0.3 is 9.84 Å². The van der Waals surface area contributed by atoms with E-state index >= 15 is 0 Å². The minimum Gasteiger partial charge on any atom is -0.393 e. The summed E-state index contributed by atoms with van der Waals surface area (Å²) >= 11 is 0. The first-order valence-corrected chi connectivity index (χ1v) is 7.87. The summed E-state index contributed by atoms with van der Waals surface area (Å²) in [5.41, 5.74) is 1.24. The Labute approximate surface area is 130 Å². The molecule has 1 N–H and O–H groups in total. The number of nitriles is 1. The SMILES string of the molecule is N#Cc1ccc(F)cc1CN1CCC[C@@H]1[C@@H]1COCC[C@H]1O. The Balaban J connectivity index is 1.76. The molecule has 0 aliphatic carbocycles. The van der Waals surface area contributed by atoms with Crippen molar-refractivity contribution in [3.63, 3.8) is 0 Å². The van der Waals surface area contributed by atoms with Crippen LogP contribution in [-0.2, 0) is 11.3 Å². The van der Waals surface area contributed by atoms with Crippen LogP contribution < -0.4 is 0 Å². The summed E-state index contributed by atoms with van der Waals surface area (Å²) in [6.45, 7) is 2.66. The fraction of sp³-hybridized carbons (Fsp3) is 0.588. The van der Waals surface area contributed by atoms with Gasteiger partial charge in [0, 0.05) is 25.1 Å². The molecule has 2 heterocycles. The summed E-state index contributed by atoms with van der Waals surface area (Å²) < 4.78 is 19.0. The number of ether oxygens (including phenoxy) is 1. The maximum Gasteiger partial charge on any atom is 0.123 e. The fourth-order valence-corrected chi connectivity index (χ4v) is 3.67. The van der Waals surface area contributed by atoms with Crippen molar-refractivity contribution in [3.8, 4) is 6.07 Å². The van der Waals surface area contributed by atoms with Gasteiger partial charge in [-0.25, -0.2) is 4.39 Å². The third kappa shape index (κ3) is 3.14. The highest BCUT2D eigenvalue weighted by molar-refractivity contribution is 5.37. The molecule has 2 fully saturated rings. The second-order valence-corrected chi connectivity index (χ2v) is 6.19. The molecule has 0 aromatic heterocycles. The highest BCUT2D eigenvalue weighted by Crippen LogP contribution is 2.31. The molecular weight excluding hydrogens is 283 g/mol. The molecule has 22 heavy (non-hydrogen) atoms. The molecular formula is C17H21FN2O2. The summed E-state index contributed by atoms with van der Waals surface area (Å²) in [7, 11) is 0. The van der Waals surface area contributed by atoms with Gasteiger partial charge in [0.25, 0.3) is 0 Å². The Morgan fingerprint density at radius 2 is 2.27 bits per heavy atom. The van der Waals surface area contributed by atoms with E-state index in [-0.39, 0.29) is 23.9 Å². The van der Waals surface area contributed by atoms with Gasteiger partial charge in [-0.15, -0.1) is 0 Å². The van der Waals surface area contributed by atoms with Crippen LogP contribution in [0.25, 0.3) is 0 Å². The third-order valence-corrected chi connectivity index (χ3v) is 4.83. The fourth-order valence-electron chi connectivity index (χ4n) is 3.67. The lowest BCUT2D eigenvalue weighted by atomic mass is 9.89. The zero-order valence-corrected chi connectivity index (χ0v) is 12.5. The summed E-state index contributed by atoms with van der Waals surface area (Å²) in [6.07, 6.45) is 2.42. The van der Waals surface area contributed by atoms with Gasteiger partial charge in [0.15, 0.2) is 0 Å². The van der Waals surface area contributed by atoms with Crippen LogP contribution in [0.5, 0.6) is 0 Å². The van der Waals surface area contributed by atoms with Gasteiger partial charge in [-0.05, 0) is 49.6 Å². The first kappa shape index (κ1) is 15.4. The zero-order valence-electron chi connectivity index (χ0n) is 12.5. The van der Waals surface area contributed by atoms with Crippen molar-refractivity contribution in [1.29, 1.82) is 5.26 Å². The van der Waals surface area contributed by atoms with E-state index in [9.17, 15) is 14.8 Å². The van der Waals surface area contributed by atoms with E-state index in [4.69, 9.17) is 4.74 Å². The molecule has 0 unspecified atom stereocenters. The monoisotopic (exact) mass is 304 g/mol. The van der Waals surface area contributed by atoms with Crippen molar-refractivity contribution in [2.24, 2.45) is 5.92 Å². The number of hydrogen-bond acceptors (Lipinski definition) is 4. The van der Waals surface area contributed by atoms with E-state index in [1.54, 1.807) is 0 Å². The Hall–Kier alpha value is -1.48. The van der Waals surface area contributed by atoms with Crippen LogP contribution in [0.15, 0.2) is 18.2 Å². The molecule has 1 aromatic rings. The Kier molecular flexibility index (Phi) is 4.72. The maximum atomic E-state index is 13.5. The van der Waals surface area contributed by atoms with Crippen molar-refractivity contribution >= 4 is 0 Å². The normalized spacial score (nSPS) is 29.4. The van der Waals surface area contributed by atoms with Crippen LogP contribution in [0.1, 0.15) is 30.4 Å². The van der Waals surface area contributed by atoms with Crippen molar-refractivity contribution < 1.29 is 14.2 Å². The molecule has 0 radical (unpaired) electrons. The van der Waals surface area contributed by atoms with Crippen LogP contribution in [0, 0.1) is 23.1 Å². The number of rotatable bonds is 3.